The molecule has 2 aliphatic rings. The Morgan fingerprint density at radius 1 is 0.896 bits per heavy atom. The molecule has 254 valence electrons. The summed E-state index contributed by atoms with van der Waals surface area (Å²) >= 11 is 0. The molecule has 1 atom stereocenters. The molecule has 0 saturated carbocycles. The van der Waals surface area contributed by atoms with E-state index in [1.165, 1.54) is 14.4 Å². The van der Waals surface area contributed by atoms with Gasteiger partial charge in [-0.15, -0.1) is 0 Å². The Morgan fingerprint density at radius 2 is 1.56 bits per heavy atom. The van der Waals surface area contributed by atoms with E-state index in [1.807, 2.05) is 48.2 Å². The Morgan fingerprint density at radius 3 is 2.25 bits per heavy atom. The number of benzene rings is 2. The van der Waals surface area contributed by atoms with Crippen LogP contribution in [0.3, 0.4) is 0 Å². The van der Waals surface area contributed by atoms with Crippen molar-refractivity contribution in [3.8, 4) is 5.69 Å². The molecule has 1 saturated heterocycles. The van der Waals surface area contributed by atoms with Crippen LogP contribution in [0.1, 0.15) is 39.7 Å². The van der Waals surface area contributed by atoms with E-state index in [1.54, 1.807) is 4.68 Å². The van der Waals surface area contributed by atoms with Crippen LogP contribution in [0.5, 0.6) is 0 Å². The van der Waals surface area contributed by atoms with Crippen LogP contribution >= 0.6 is 0 Å². The second-order valence-electron chi connectivity index (χ2n) is 11.9. The van der Waals surface area contributed by atoms with Crippen molar-refractivity contribution in [2.45, 2.75) is 45.1 Å². The second kappa shape index (κ2) is 13.0. The van der Waals surface area contributed by atoms with Gasteiger partial charge in [-0.25, -0.2) is 22.8 Å². The van der Waals surface area contributed by atoms with Gasteiger partial charge < -0.3 is 25.0 Å². The quantitative estimate of drug-likeness (QED) is 0.234. The van der Waals surface area contributed by atoms with Gasteiger partial charge in [0.25, 0.3) is 5.91 Å². The van der Waals surface area contributed by atoms with Crippen molar-refractivity contribution in [2.24, 2.45) is 5.73 Å². The molecule has 2 N–H and O–H groups in total. The molecule has 1 fully saturated rings. The number of amides is 2. The molecule has 2 aromatic carbocycles. The van der Waals surface area contributed by atoms with E-state index in [9.17, 15) is 35.9 Å². The average molecular weight is 675 g/mol. The maximum atomic E-state index is 14.2. The first kappa shape index (κ1) is 33.1. The molecule has 2 amide bonds. The summed E-state index contributed by atoms with van der Waals surface area (Å²) in [6.07, 6.45) is -5.53. The molecule has 0 spiro atoms. The number of anilines is 1. The number of hydrogen-bond donors (Lipinski definition) is 1. The fourth-order valence-corrected chi connectivity index (χ4v) is 6.15. The predicted molar refractivity (Wildman–Crippen MR) is 162 cm³/mol. The first-order valence-corrected chi connectivity index (χ1v) is 15.3. The molecule has 0 radical (unpaired) electrons. The number of halogens is 6. The molecule has 0 aliphatic carbocycles. The molecule has 6 rings (SSSR count). The topological polar surface area (TPSA) is 106 Å². The number of aryl methyl sites for hydroxylation is 1. The Kier molecular flexibility index (Phi) is 8.94. The number of carbonyl (C=O) groups is 2. The number of fused-ring (bicyclic) bond motifs is 1. The van der Waals surface area contributed by atoms with Crippen molar-refractivity contribution in [1.82, 2.24) is 29.1 Å². The molecule has 2 aliphatic heterocycles. The number of piperazine rings is 1. The Hall–Kier alpha value is -4.86. The fraction of sp³-hybridized carbons (Fsp3) is 0.375. The summed E-state index contributed by atoms with van der Waals surface area (Å²) < 4.78 is 86.6. The first-order valence-electron chi connectivity index (χ1n) is 15.3. The van der Waals surface area contributed by atoms with Crippen LogP contribution in [-0.4, -0.2) is 79.7 Å². The summed E-state index contributed by atoms with van der Waals surface area (Å²) in [5.41, 5.74) is 5.54. The van der Waals surface area contributed by atoms with Crippen LogP contribution < -0.4 is 10.6 Å². The third-order valence-electron chi connectivity index (χ3n) is 8.51. The van der Waals surface area contributed by atoms with Crippen molar-refractivity contribution in [1.29, 1.82) is 0 Å². The lowest BCUT2D eigenvalue weighted by molar-refractivity contribution is -0.141. The monoisotopic (exact) mass is 674 g/mol. The summed E-state index contributed by atoms with van der Waals surface area (Å²) in [4.78, 5) is 35.2. The number of nitrogens with zero attached hydrogens (tertiary/aromatic N) is 7. The minimum absolute atomic E-state index is 0.0252. The number of imidazole rings is 1. The first-order chi connectivity index (χ1) is 22.8. The predicted octanol–water partition coefficient (Wildman–Crippen LogP) is 4.08. The summed E-state index contributed by atoms with van der Waals surface area (Å²) in [5, 5.41) is 4.58. The van der Waals surface area contributed by atoms with E-state index in [2.05, 4.69) is 10.1 Å². The number of aromatic nitrogens is 4. The molecular weight excluding hydrogens is 642 g/mol. The van der Waals surface area contributed by atoms with Crippen molar-refractivity contribution >= 4 is 17.6 Å². The highest BCUT2D eigenvalue weighted by Crippen LogP contribution is 2.34. The van der Waals surface area contributed by atoms with Crippen LogP contribution in [0.2, 0.25) is 0 Å². The zero-order valence-corrected chi connectivity index (χ0v) is 25.9. The number of para-hydroxylation sites is 1. The fourth-order valence-electron chi connectivity index (χ4n) is 6.15. The van der Waals surface area contributed by atoms with Gasteiger partial charge in [0.05, 0.1) is 17.9 Å². The van der Waals surface area contributed by atoms with Gasteiger partial charge in [-0.3, -0.25) is 9.59 Å². The lowest BCUT2D eigenvalue weighted by atomic mass is 10.0. The van der Waals surface area contributed by atoms with Gasteiger partial charge in [0.2, 0.25) is 5.91 Å². The lowest BCUT2D eigenvalue weighted by Crippen LogP contribution is -2.50. The molecule has 2 aromatic heterocycles. The van der Waals surface area contributed by atoms with Crippen LogP contribution in [0.15, 0.2) is 48.5 Å². The zero-order valence-electron chi connectivity index (χ0n) is 25.9. The lowest BCUT2D eigenvalue weighted by Gasteiger charge is -2.36. The van der Waals surface area contributed by atoms with E-state index in [4.69, 9.17) is 5.73 Å². The maximum absolute atomic E-state index is 14.2. The number of rotatable bonds is 7. The van der Waals surface area contributed by atoms with Crippen molar-refractivity contribution in [3.63, 3.8) is 0 Å². The molecule has 10 nitrogen and oxygen atoms in total. The molecule has 48 heavy (non-hydrogen) atoms. The molecule has 0 bridgehead atoms. The summed E-state index contributed by atoms with van der Waals surface area (Å²) in [5.74, 6) is -4.26. The van der Waals surface area contributed by atoms with Crippen molar-refractivity contribution < 1.29 is 35.9 Å². The zero-order chi connectivity index (χ0) is 34.3. The van der Waals surface area contributed by atoms with E-state index in [0.29, 0.717) is 25.2 Å². The van der Waals surface area contributed by atoms with E-state index < -0.39 is 52.9 Å². The van der Waals surface area contributed by atoms with E-state index >= 15 is 0 Å². The van der Waals surface area contributed by atoms with Gasteiger partial charge >= 0.3 is 6.18 Å². The third-order valence-corrected chi connectivity index (χ3v) is 8.51. The van der Waals surface area contributed by atoms with Crippen LogP contribution in [0.4, 0.5) is 32.2 Å². The Labute approximate surface area is 271 Å². The van der Waals surface area contributed by atoms with Gasteiger partial charge in [-0.05, 0) is 37.1 Å². The van der Waals surface area contributed by atoms with E-state index in [0.717, 1.165) is 17.2 Å². The normalized spacial score (nSPS) is 15.9. The van der Waals surface area contributed by atoms with Gasteiger partial charge in [0.1, 0.15) is 23.2 Å². The largest absolute Gasteiger partial charge is 0.435 e. The number of hydrogen-bond acceptors (Lipinski definition) is 6. The van der Waals surface area contributed by atoms with Gasteiger partial charge in [0.15, 0.2) is 17.3 Å². The molecule has 16 heteroatoms. The molecular formula is C32H32F6N8O2. The molecule has 0 unspecified atom stereocenters. The van der Waals surface area contributed by atoms with Crippen LogP contribution in [-0.2, 0) is 30.5 Å². The number of nitrogens with two attached hydrogens (primary N) is 1. The summed E-state index contributed by atoms with van der Waals surface area (Å²) in [7, 11) is 0. The van der Waals surface area contributed by atoms with Gasteiger partial charge in [-0.1, -0.05) is 18.2 Å². The Bertz CT molecular complexity index is 1830. The number of carbonyl (C=O) groups excluding carboxylic acids is 2. The average Bonchev–Trinajstić information content (AvgIpc) is 3.64. The standard InChI is InChI=1S/C32H32F6N8O2/c1-19-13-27(46(41-19)22-5-3-2-4-6-22)42-7-9-43(10-8-42)31(48)29-30(32(36,37)38)40-26-18-44(11-12-45(26)29)28(47)16-21(39)14-20-15-24(34)25(35)17-23(20)33/h2-6,13,15,17,21H,7-12,14,16,18,39H2,1H3/t21-/m0/s1. The highest BCUT2D eigenvalue weighted by molar-refractivity contribution is 5.94. The highest BCUT2D eigenvalue weighted by Gasteiger charge is 2.44. The minimum Gasteiger partial charge on any atom is -0.353 e. The van der Waals surface area contributed by atoms with E-state index in [-0.39, 0.29) is 57.0 Å². The van der Waals surface area contributed by atoms with Crippen molar-refractivity contribution in [2.75, 3.05) is 37.6 Å². The third kappa shape index (κ3) is 6.61. The highest BCUT2D eigenvalue weighted by atomic mass is 19.4. The Balaban J connectivity index is 1.14. The van der Waals surface area contributed by atoms with Gasteiger partial charge in [0, 0.05) is 63.9 Å². The van der Waals surface area contributed by atoms with Crippen LogP contribution in [0, 0.1) is 24.4 Å². The van der Waals surface area contributed by atoms with Gasteiger partial charge in [-0.2, -0.15) is 18.3 Å². The maximum Gasteiger partial charge on any atom is 0.435 e. The van der Waals surface area contributed by atoms with Crippen LogP contribution in [0.25, 0.3) is 5.69 Å². The summed E-state index contributed by atoms with van der Waals surface area (Å²) in [6.45, 7) is 2.47. The molecule has 4 heterocycles. The second-order valence-corrected chi connectivity index (χ2v) is 11.9. The van der Waals surface area contributed by atoms with Crippen molar-refractivity contribution in [3.05, 3.63) is 94.5 Å². The number of alkyl halides is 3. The minimum atomic E-state index is -4.93. The SMILES string of the molecule is Cc1cc(N2CCN(C(=O)c3c(C(F)(F)F)nc4n3CCN(C(=O)C[C@@H](N)Cc3cc(F)c(F)cc3F)C4)CC2)n(-c2ccccc2)n1. The molecule has 4 aromatic rings. The smallest absolute Gasteiger partial charge is 0.353 e. The summed E-state index contributed by atoms with van der Waals surface area (Å²) in [6, 6.07) is 11.5.